The summed E-state index contributed by atoms with van der Waals surface area (Å²) in [6.07, 6.45) is 1.76. The van der Waals surface area contributed by atoms with E-state index in [4.69, 9.17) is 9.47 Å². The molecule has 0 aromatic rings. The predicted octanol–water partition coefficient (Wildman–Crippen LogP) is 2.08. The number of ether oxygens (including phenoxy) is 2. The van der Waals surface area contributed by atoms with Crippen LogP contribution in [0.5, 0.6) is 0 Å². The Bertz CT molecular complexity index is 124. The summed E-state index contributed by atoms with van der Waals surface area (Å²) < 4.78 is 10.1. The third kappa shape index (κ3) is 4.04. The Labute approximate surface area is 62.1 Å². The molecule has 0 heterocycles. The quantitative estimate of drug-likeness (QED) is 0.442. The van der Waals surface area contributed by atoms with Crippen molar-refractivity contribution in [2.24, 2.45) is 0 Å². The van der Waals surface area contributed by atoms with E-state index in [1.54, 1.807) is 6.08 Å². The van der Waals surface area contributed by atoms with E-state index in [0.29, 0.717) is 19.2 Å². The molecule has 0 amide bonds. The van der Waals surface area contributed by atoms with Crippen molar-refractivity contribution in [1.82, 2.24) is 0 Å². The normalized spacial score (nSPS) is 7.90. The van der Waals surface area contributed by atoms with Gasteiger partial charge in [0.05, 0.1) is 13.2 Å². The lowest BCUT2D eigenvalue weighted by atomic mass is 10.6. The highest BCUT2D eigenvalue weighted by atomic mass is 16.7. The second-order valence-corrected chi connectivity index (χ2v) is 1.59. The highest BCUT2D eigenvalue weighted by molar-refractivity contribution is 4.83. The minimum atomic E-state index is 0.479. The van der Waals surface area contributed by atoms with E-state index < -0.39 is 0 Å². The first-order valence-corrected chi connectivity index (χ1v) is 3.52. The van der Waals surface area contributed by atoms with Crippen molar-refractivity contribution in [2.75, 3.05) is 13.2 Å². The van der Waals surface area contributed by atoms with Gasteiger partial charge in [-0.15, -0.1) is 0 Å². The lowest BCUT2D eigenvalue weighted by molar-refractivity contribution is 0.0477. The van der Waals surface area contributed by atoms with Crippen LogP contribution in [0.2, 0.25) is 0 Å². The minimum Gasteiger partial charge on any atom is -0.460 e. The van der Waals surface area contributed by atoms with Crippen LogP contribution in [0.15, 0.2) is 17.8 Å². The zero-order valence-electron chi connectivity index (χ0n) is 6.81. The highest BCUT2D eigenvalue weighted by Crippen LogP contribution is 1.95. The second kappa shape index (κ2) is 6.24. The van der Waals surface area contributed by atoms with Gasteiger partial charge in [-0.05, 0) is 32.6 Å². The zero-order valence-corrected chi connectivity index (χ0v) is 6.81. The molecular weight excluding hydrogens is 128 g/mol. The fourth-order valence-electron chi connectivity index (χ4n) is 0.505. The molecule has 0 rings (SSSR count). The van der Waals surface area contributed by atoms with Gasteiger partial charge in [0.1, 0.15) is 0 Å². The van der Waals surface area contributed by atoms with E-state index in [2.05, 4.69) is 5.73 Å². The Morgan fingerprint density at radius 2 is 1.80 bits per heavy atom. The van der Waals surface area contributed by atoms with E-state index in [9.17, 15) is 0 Å². The Morgan fingerprint density at radius 3 is 2.10 bits per heavy atom. The van der Waals surface area contributed by atoms with Crippen LogP contribution in [-0.4, -0.2) is 13.2 Å². The maximum Gasteiger partial charge on any atom is 0.327 e. The van der Waals surface area contributed by atoms with E-state index >= 15 is 0 Å². The van der Waals surface area contributed by atoms with Crippen molar-refractivity contribution < 1.29 is 9.47 Å². The summed E-state index contributed by atoms with van der Waals surface area (Å²) in [7, 11) is 0. The summed E-state index contributed by atoms with van der Waals surface area (Å²) in [5, 5.41) is 0. The molecule has 0 unspecified atom stereocenters. The van der Waals surface area contributed by atoms with Crippen LogP contribution >= 0.6 is 0 Å². The van der Waals surface area contributed by atoms with Crippen LogP contribution in [0.3, 0.4) is 0 Å². The second-order valence-electron chi connectivity index (χ2n) is 1.59. The molecule has 0 saturated heterocycles. The molecule has 0 radical (unpaired) electrons. The van der Waals surface area contributed by atoms with E-state index in [-0.39, 0.29) is 0 Å². The van der Waals surface area contributed by atoms with Gasteiger partial charge in [0.15, 0.2) is 0 Å². The first kappa shape index (κ1) is 9.12. The fraction of sp³-hybridized carbons (Fsp3) is 0.625. The van der Waals surface area contributed by atoms with Gasteiger partial charge < -0.3 is 9.47 Å². The van der Waals surface area contributed by atoms with Crippen molar-refractivity contribution in [2.45, 2.75) is 20.8 Å². The maximum absolute atomic E-state index is 5.07. The number of rotatable bonds is 4. The van der Waals surface area contributed by atoms with Gasteiger partial charge in [-0.2, -0.15) is 0 Å². The molecular formula is C8H14O2. The molecule has 0 atom stereocenters. The van der Waals surface area contributed by atoms with Gasteiger partial charge in [-0.1, -0.05) is 0 Å². The third-order valence-electron chi connectivity index (χ3n) is 0.813. The Balaban J connectivity index is 3.85. The van der Waals surface area contributed by atoms with Gasteiger partial charge in [0.2, 0.25) is 0 Å². The largest absolute Gasteiger partial charge is 0.460 e. The highest BCUT2D eigenvalue weighted by Gasteiger charge is 1.91. The predicted molar refractivity (Wildman–Crippen MR) is 40.5 cm³/mol. The zero-order chi connectivity index (χ0) is 7.82. The Kier molecular flexibility index (Phi) is 5.69. The van der Waals surface area contributed by atoms with Crippen molar-refractivity contribution in [1.29, 1.82) is 0 Å². The van der Waals surface area contributed by atoms with Gasteiger partial charge in [-0.3, -0.25) is 0 Å². The topological polar surface area (TPSA) is 18.5 Å². The number of allylic oxidation sites excluding steroid dienone is 1. The summed E-state index contributed by atoms with van der Waals surface area (Å²) in [4.78, 5) is 0. The van der Waals surface area contributed by atoms with Crippen LogP contribution < -0.4 is 0 Å². The smallest absolute Gasteiger partial charge is 0.327 e. The fourth-order valence-corrected chi connectivity index (χ4v) is 0.505. The molecule has 0 spiro atoms. The van der Waals surface area contributed by atoms with Gasteiger partial charge in [-0.25, -0.2) is 0 Å². The molecule has 2 heteroatoms. The molecule has 0 aliphatic heterocycles. The van der Waals surface area contributed by atoms with Crippen LogP contribution in [0.25, 0.3) is 0 Å². The van der Waals surface area contributed by atoms with Crippen LogP contribution in [-0.2, 0) is 9.47 Å². The summed E-state index contributed by atoms with van der Waals surface area (Å²) in [6, 6.07) is 0. The molecule has 0 aromatic heterocycles. The van der Waals surface area contributed by atoms with Gasteiger partial charge in [0, 0.05) is 0 Å². The Morgan fingerprint density at radius 1 is 1.30 bits per heavy atom. The van der Waals surface area contributed by atoms with Crippen LogP contribution in [0.4, 0.5) is 0 Å². The lowest BCUT2D eigenvalue weighted by Gasteiger charge is -2.04. The van der Waals surface area contributed by atoms with Crippen molar-refractivity contribution in [3.63, 3.8) is 0 Å². The minimum absolute atomic E-state index is 0.479. The molecule has 0 saturated carbocycles. The third-order valence-corrected chi connectivity index (χ3v) is 0.813. The van der Waals surface area contributed by atoms with E-state index in [0.717, 1.165) is 0 Å². The average Bonchev–Trinajstić information content (AvgIpc) is 1.90. The summed E-state index contributed by atoms with van der Waals surface area (Å²) in [6.45, 7) is 6.94. The Hall–Kier alpha value is -0.880. The van der Waals surface area contributed by atoms with Gasteiger partial charge >= 0.3 is 5.95 Å². The van der Waals surface area contributed by atoms with Gasteiger partial charge in [0.25, 0.3) is 0 Å². The lowest BCUT2D eigenvalue weighted by Crippen LogP contribution is -1.95. The SMILES string of the molecule is CC=C=C(OCC)OCC. The molecule has 0 N–H and O–H groups in total. The molecule has 0 aromatic carbocycles. The first-order valence-electron chi connectivity index (χ1n) is 3.52. The molecule has 0 aliphatic carbocycles. The van der Waals surface area contributed by atoms with E-state index in [1.807, 2.05) is 20.8 Å². The first-order chi connectivity index (χ1) is 4.85. The van der Waals surface area contributed by atoms with Crippen LogP contribution in [0, 0.1) is 0 Å². The van der Waals surface area contributed by atoms with Crippen molar-refractivity contribution in [3.8, 4) is 0 Å². The maximum atomic E-state index is 5.07. The summed E-state index contributed by atoms with van der Waals surface area (Å²) in [5.41, 5.74) is 2.83. The number of hydrogen-bond acceptors (Lipinski definition) is 2. The van der Waals surface area contributed by atoms with Crippen molar-refractivity contribution >= 4 is 0 Å². The average molecular weight is 142 g/mol. The van der Waals surface area contributed by atoms with Crippen molar-refractivity contribution in [3.05, 3.63) is 17.8 Å². The molecule has 0 aliphatic rings. The molecule has 58 valence electrons. The standard InChI is InChI=1S/C8H14O2/c1-4-7-8(9-5-2)10-6-3/h4H,5-6H2,1-3H3. The summed E-state index contributed by atoms with van der Waals surface area (Å²) >= 11 is 0. The number of hydrogen-bond donors (Lipinski definition) is 0. The van der Waals surface area contributed by atoms with Crippen LogP contribution in [0.1, 0.15) is 20.8 Å². The molecule has 0 bridgehead atoms. The molecule has 10 heavy (non-hydrogen) atoms. The summed E-state index contributed by atoms with van der Waals surface area (Å²) in [5.74, 6) is 0.479. The monoisotopic (exact) mass is 142 g/mol. The molecule has 0 fully saturated rings. The van der Waals surface area contributed by atoms with E-state index in [1.165, 1.54) is 0 Å². The molecule has 2 nitrogen and oxygen atoms in total.